The molecule has 2 saturated heterocycles. The third-order valence-electron chi connectivity index (χ3n) is 10.0. The van der Waals surface area contributed by atoms with Crippen molar-refractivity contribution in [3.63, 3.8) is 0 Å². The molecule has 6 rings (SSSR count). The Balaban J connectivity index is 1.50. The zero-order valence-corrected chi connectivity index (χ0v) is 33.0. The topological polar surface area (TPSA) is 146 Å². The Labute approximate surface area is 322 Å². The van der Waals surface area contributed by atoms with Crippen LogP contribution in [0.1, 0.15) is 57.2 Å². The summed E-state index contributed by atoms with van der Waals surface area (Å²) in [6.45, 7) is 8.46. The fraction of sp³-hybridized carbons (Fsp3) is 0.439. The quantitative estimate of drug-likeness (QED) is 0.0759. The van der Waals surface area contributed by atoms with Gasteiger partial charge in [-0.25, -0.2) is 9.46 Å². The highest BCUT2D eigenvalue weighted by Crippen LogP contribution is 2.55. The van der Waals surface area contributed by atoms with Crippen LogP contribution in [0.25, 0.3) is 0 Å². The van der Waals surface area contributed by atoms with E-state index in [0.717, 1.165) is 16.7 Å². The highest BCUT2D eigenvalue weighted by Gasteiger charge is 2.63. The third-order valence-corrected chi connectivity index (χ3v) is 12.1. The first-order valence-corrected chi connectivity index (χ1v) is 19.5. The lowest BCUT2D eigenvalue weighted by molar-refractivity contribution is -0.271. The number of hydrogen-bond acceptors (Lipinski definition) is 11. The van der Waals surface area contributed by atoms with Crippen molar-refractivity contribution >= 4 is 8.53 Å². The summed E-state index contributed by atoms with van der Waals surface area (Å²) < 4.78 is 48.9. The van der Waals surface area contributed by atoms with Crippen LogP contribution in [0.15, 0.2) is 101 Å². The zero-order chi connectivity index (χ0) is 39.2. The summed E-state index contributed by atoms with van der Waals surface area (Å²) in [4.78, 5) is 28.0. The van der Waals surface area contributed by atoms with E-state index in [1.54, 1.807) is 14.2 Å². The van der Waals surface area contributed by atoms with Gasteiger partial charge in [0.2, 0.25) is 0 Å². The minimum atomic E-state index is -1.75. The van der Waals surface area contributed by atoms with E-state index in [9.17, 15) is 14.9 Å². The van der Waals surface area contributed by atoms with Crippen LogP contribution >= 0.6 is 8.53 Å². The average molecular weight is 773 g/mol. The van der Waals surface area contributed by atoms with Gasteiger partial charge in [0.25, 0.3) is 14.1 Å². The van der Waals surface area contributed by atoms with Crippen LogP contribution in [0, 0.1) is 11.3 Å². The number of aromatic amines is 1. The molecule has 1 N–H and O–H groups in total. The average Bonchev–Trinajstić information content (AvgIpc) is 3.40. The van der Waals surface area contributed by atoms with Crippen molar-refractivity contribution in [1.29, 1.82) is 5.26 Å². The first kappa shape index (κ1) is 40.3. The van der Waals surface area contributed by atoms with E-state index in [2.05, 4.69) is 43.4 Å². The molecule has 0 amide bonds. The number of H-pyrrole nitrogens is 1. The molecule has 2 bridgehead atoms. The van der Waals surface area contributed by atoms with Crippen LogP contribution in [0.3, 0.4) is 0 Å². The van der Waals surface area contributed by atoms with E-state index in [1.165, 1.54) is 16.8 Å². The maximum Gasteiger partial charge on any atom is 0.330 e. The lowest BCUT2D eigenvalue weighted by atomic mass is 9.79. The number of nitrogens with zero attached hydrogens (tertiary/aromatic N) is 3. The summed E-state index contributed by atoms with van der Waals surface area (Å²) in [5.41, 5.74) is -2.50. The summed E-state index contributed by atoms with van der Waals surface area (Å²) in [5, 5.41) is 9.37. The molecule has 3 heterocycles. The van der Waals surface area contributed by atoms with Crippen molar-refractivity contribution in [2.24, 2.45) is 0 Å². The summed E-state index contributed by atoms with van der Waals surface area (Å²) in [6.07, 6.45) is 1.05. The van der Waals surface area contributed by atoms with Gasteiger partial charge < -0.3 is 32.7 Å². The van der Waals surface area contributed by atoms with E-state index in [4.69, 9.17) is 32.7 Å². The van der Waals surface area contributed by atoms with Crippen LogP contribution in [-0.4, -0.2) is 78.7 Å². The third kappa shape index (κ3) is 8.13. The molecular weight excluding hydrogens is 723 g/mol. The SMILES string of the molecule is COc1ccc(C(OC[C@@]23COC[C@](n4ccc(=O)[nH]c4=O)(C[C@@H]2OP(OCCC#N)N(C(C)C)C(C)C)O3)(c2ccccc2)c2ccc(OC)cc2)cc1. The van der Waals surface area contributed by atoms with E-state index >= 15 is 0 Å². The van der Waals surface area contributed by atoms with E-state index < -0.39 is 42.8 Å². The Morgan fingerprint density at radius 3 is 2.05 bits per heavy atom. The van der Waals surface area contributed by atoms with Crippen molar-refractivity contribution in [2.75, 3.05) is 40.6 Å². The number of hydrogen-bond donors (Lipinski definition) is 1. The number of benzene rings is 3. The molecule has 0 radical (unpaired) electrons. The van der Waals surface area contributed by atoms with Gasteiger partial charge in [-0.3, -0.25) is 14.3 Å². The number of aromatic nitrogens is 2. The van der Waals surface area contributed by atoms with Gasteiger partial charge in [0.15, 0.2) is 5.72 Å². The molecule has 4 atom stereocenters. The summed E-state index contributed by atoms with van der Waals surface area (Å²) in [6, 6.07) is 28.9. The lowest BCUT2D eigenvalue weighted by Gasteiger charge is -2.45. The Morgan fingerprint density at radius 2 is 1.51 bits per heavy atom. The number of rotatable bonds is 17. The van der Waals surface area contributed by atoms with Crippen molar-refractivity contribution in [2.45, 2.75) is 75.7 Å². The second-order valence-electron chi connectivity index (χ2n) is 14.2. The Morgan fingerprint density at radius 1 is 0.909 bits per heavy atom. The molecule has 13 nitrogen and oxygen atoms in total. The molecule has 0 saturated carbocycles. The highest BCUT2D eigenvalue weighted by atomic mass is 31.2. The molecule has 2 aliphatic heterocycles. The Kier molecular flexibility index (Phi) is 12.6. The van der Waals surface area contributed by atoms with E-state index in [1.807, 2.05) is 78.9 Å². The molecule has 0 spiro atoms. The molecule has 1 unspecified atom stereocenters. The molecular formula is C41H49N4O9P. The van der Waals surface area contributed by atoms with Crippen molar-refractivity contribution in [3.8, 4) is 17.6 Å². The Hall–Kier alpha value is -4.38. The molecule has 55 heavy (non-hydrogen) atoms. The predicted octanol–water partition coefficient (Wildman–Crippen LogP) is 6.07. The van der Waals surface area contributed by atoms with Gasteiger partial charge in [-0.15, -0.1) is 0 Å². The smallest absolute Gasteiger partial charge is 0.330 e. The van der Waals surface area contributed by atoms with Crippen LogP contribution in [-0.2, 0) is 34.6 Å². The van der Waals surface area contributed by atoms with Gasteiger partial charge in [0.1, 0.15) is 28.8 Å². The fourth-order valence-electron chi connectivity index (χ4n) is 7.52. The predicted molar refractivity (Wildman–Crippen MR) is 207 cm³/mol. The maximum absolute atomic E-state index is 13.4. The highest BCUT2D eigenvalue weighted by molar-refractivity contribution is 7.44. The molecule has 0 aliphatic carbocycles. The molecule has 1 aromatic heterocycles. The van der Waals surface area contributed by atoms with Crippen LogP contribution in [0.2, 0.25) is 0 Å². The molecule has 3 aromatic carbocycles. The van der Waals surface area contributed by atoms with E-state index in [0.29, 0.717) is 11.5 Å². The number of fused-ring (bicyclic) bond motifs is 2. The second kappa shape index (κ2) is 17.2. The van der Waals surface area contributed by atoms with E-state index in [-0.39, 0.29) is 51.4 Å². The van der Waals surface area contributed by atoms with Crippen molar-refractivity contribution in [1.82, 2.24) is 14.2 Å². The van der Waals surface area contributed by atoms with Crippen LogP contribution in [0.4, 0.5) is 0 Å². The molecule has 14 heteroatoms. The number of nitrogens with one attached hydrogen (secondary N) is 1. The fourth-order valence-corrected chi connectivity index (χ4v) is 9.31. The first-order valence-electron chi connectivity index (χ1n) is 18.3. The standard InChI is InChI=1S/C41H49N4O9P/c1-29(2)45(30(3)4)55(52-24-10-22-42)53-36-25-40(44-23-21-37(46)43-38(44)47)28-50-26-39(36,54-40)27-51-41(31-11-8-7-9-12-31,32-13-17-34(48-5)18-14-32)33-15-19-35(49-6)20-16-33/h7-9,11-21,23,29-30,36H,10,24-28H2,1-6H3,(H,43,46,47)/t36-,39-,40-,55?/m0/s1. The minimum absolute atomic E-state index is 0.0205. The van der Waals surface area contributed by atoms with Gasteiger partial charge in [-0.1, -0.05) is 54.6 Å². The second-order valence-corrected chi connectivity index (χ2v) is 15.6. The number of ether oxygens (including phenoxy) is 5. The summed E-state index contributed by atoms with van der Waals surface area (Å²) in [5.74, 6) is 1.38. The van der Waals surface area contributed by atoms with Crippen molar-refractivity contribution < 1.29 is 32.7 Å². The number of methoxy groups -OCH3 is 2. The lowest BCUT2D eigenvalue weighted by Crippen LogP contribution is -2.57. The van der Waals surface area contributed by atoms with Gasteiger partial charge in [-0.2, -0.15) is 5.26 Å². The van der Waals surface area contributed by atoms with Gasteiger partial charge >= 0.3 is 5.69 Å². The zero-order valence-electron chi connectivity index (χ0n) is 32.1. The molecule has 4 aromatic rings. The maximum atomic E-state index is 13.4. The monoisotopic (exact) mass is 772 g/mol. The molecule has 292 valence electrons. The normalized spacial score (nSPS) is 21.5. The van der Waals surface area contributed by atoms with Gasteiger partial charge in [-0.05, 0) is 68.7 Å². The van der Waals surface area contributed by atoms with Crippen LogP contribution in [0.5, 0.6) is 11.5 Å². The number of nitriles is 1. The van der Waals surface area contributed by atoms with Gasteiger partial charge in [0.05, 0.1) is 53.1 Å². The van der Waals surface area contributed by atoms with Crippen LogP contribution < -0.4 is 20.7 Å². The molecule has 2 aliphatic rings. The van der Waals surface area contributed by atoms with Crippen molar-refractivity contribution in [3.05, 3.63) is 129 Å². The Bertz CT molecular complexity index is 1980. The summed E-state index contributed by atoms with van der Waals surface area (Å²) in [7, 11) is 1.50. The molecule has 2 fully saturated rings. The van der Waals surface area contributed by atoms with Gasteiger partial charge in [0, 0.05) is 30.8 Å². The summed E-state index contributed by atoms with van der Waals surface area (Å²) >= 11 is 0. The first-order chi connectivity index (χ1) is 26.5. The largest absolute Gasteiger partial charge is 0.497 e. The minimum Gasteiger partial charge on any atom is -0.497 e.